The van der Waals surface area contributed by atoms with E-state index in [-0.39, 0.29) is 37.1 Å². The standard InChI is InChI=1S/C26H28N4O4/c1-2-15-8-9-18-17(14-15)26(25(34)28-18)22-21(19(29-26)10-11-20(27)31)23(32)30(24(22)33)13-12-16-6-4-3-5-7-16/h3-9,14,19,21-22,29H,2,10-13H2,1H3,(H2,27,31)(H,28,34)/t19-,21-,22+,26-/m1/s1. The van der Waals surface area contributed by atoms with E-state index in [1.165, 1.54) is 4.90 Å². The van der Waals surface area contributed by atoms with Gasteiger partial charge in [0.15, 0.2) is 0 Å². The molecule has 0 aromatic heterocycles. The summed E-state index contributed by atoms with van der Waals surface area (Å²) in [6.07, 6.45) is 1.64. The molecule has 8 heteroatoms. The van der Waals surface area contributed by atoms with Crippen LogP contribution in [0.25, 0.3) is 0 Å². The molecular formula is C26H28N4O4. The molecule has 4 amide bonds. The number of imide groups is 1. The minimum absolute atomic E-state index is 0.0614. The van der Waals surface area contributed by atoms with Crippen molar-refractivity contribution >= 4 is 29.3 Å². The number of nitrogens with one attached hydrogen (secondary N) is 2. The van der Waals surface area contributed by atoms with Gasteiger partial charge in [-0.15, -0.1) is 0 Å². The lowest BCUT2D eigenvalue weighted by atomic mass is 9.76. The summed E-state index contributed by atoms with van der Waals surface area (Å²) in [5, 5.41) is 6.26. The number of hydrogen-bond donors (Lipinski definition) is 3. The second-order valence-electron chi connectivity index (χ2n) is 9.32. The number of amides is 4. The first-order valence-corrected chi connectivity index (χ1v) is 11.8. The van der Waals surface area contributed by atoms with Gasteiger partial charge >= 0.3 is 0 Å². The van der Waals surface area contributed by atoms with Crippen molar-refractivity contribution in [3.05, 3.63) is 65.2 Å². The third kappa shape index (κ3) is 3.32. The second kappa shape index (κ2) is 8.36. The number of fused-ring (bicyclic) bond motifs is 4. The maximum atomic E-state index is 13.8. The summed E-state index contributed by atoms with van der Waals surface area (Å²) >= 11 is 0. The molecule has 0 radical (unpaired) electrons. The first kappa shape index (κ1) is 22.3. The molecule has 5 rings (SSSR count). The number of rotatable bonds is 7. The Labute approximate surface area is 197 Å². The fraction of sp³-hybridized carbons (Fsp3) is 0.385. The summed E-state index contributed by atoms with van der Waals surface area (Å²) in [5.41, 5.74) is 7.44. The zero-order chi connectivity index (χ0) is 24.0. The van der Waals surface area contributed by atoms with Crippen molar-refractivity contribution in [1.82, 2.24) is 10.2 Å². The molecule has 4 atom stereocenters. The molecule has 1 spiro atoms. The number of likely N-dealkylation sites (tertiary alicyclic amines) is 1. The maximum Gasteiger partial charge on any atom is 0.250 e. The highest BCUT2D eigenvalue weighted by molar-refractivity contribution is 6.15. The third-order valence-corrected chi connectivity index (χ3v) is 7.45. The van der Waals surface area contributed by atoms with Gasteiger partial charge in [0, 0.05) is 30.3 Å². The first-order chi connectivity index (χ1) is 16.4. The Morgan fingerprint density at radius 1 is 1.06 bits per heavy atom. The SMILES string of the molecule is CCc1ccc2c(c1)[C@]1(N[C@H](CCC(N)=O)[C@H]3C(=O)N(CCc4ccccc4)C(=O)[C@H]31)C(=O)N2. The van der Waals surface area contributed by atoms with E-state index in [2.05, 4.69) is 10.6 Å². The molecular weight excluding hydrogens is 432 g/mol. The quantitative estimate of drug-likeness (QED) is 0.541. The summed E-state index contributed by atoms with van der Waals surface area (Å²) in [6, 6.07) is 14.9. The zero-order valence-corrected chi connectivity index (χ0v) is 19.0. The fourth-order valence-corrected chi connectivity index (χ4v) is 5.78. The van der Waals surface area contributed by atoms with Gasteiger partial charge in [0.1, 0.15) is 5.54 Å². The van der Waals surface area contributed by atoms with Gasteiger partial charge in [-0.3, -0.25) is 29.4 Å². The average Bonchev–Trinajstić information content (AvgIpc) is 3.41. The summed E-state index contributed by atoms with van der Waals surface area (Å²) in [5.74, 6) is -3.06. The minimum Gasteiger partial charge on any atom is -0.370 e. The molecule has 0 unspecified atom stereocenters. The molecule has 0 bridgehead atoms. The molecule has 3 aliphatic heterocycles. The molecule has 3 heterocycles. The van der Waals surface area contributed by atoms with Crippen LogP contribution in [0.2, 0.25) is 0 Å². The van der Waals surface area contributed by atoms with Crippen molar-refractivity contribution in [1.29, 1.82) is 0 Å². The van der Waals surface area contributed by atoms with E-state index >= 15 is 0 Å². The van der Waals surface area contributed by atoms with Crippen molar-refractivity contribution in [2.45, 2.75) is 44.2 Å². The molecule has 2 aromatic carbocycles. The number of carbonyl (C=O) groups excluding carboxylic acids is 4. The van der Waals surface area contributed by atoms with Crippen LogP contribution >= 0.6 is 0 Å². The normalized spacial score (nSPS) is 27.3. The van der Waals surface area contributed by atoms with Gasteiger partial charge in [-0.2, -0.15) is 0 Å². The van der Waals surface area contributed by atoms with Crippen molar-refractivity contribution < 1.29 is 19.2 Å². The second-order valence-corrected chi connectivity index (χ2v) is 9.32. The van der Waals surface area contributed by atoms with Crippen LogP contribution in [0.3, 0.4) is 0 Å². The minimum atomic E-state index is -1.35. The van der Waals surface area contributed by atoms with Gasteiger partial charge in [0.25, 0.3) is 0 Å². The van der Waals surface area contributed by atoms with E-state index in [4.69, 9.17) is 5.73 Å². The number of benzene rings is 2. The fourth-order valence-electron chi connectivity index (χ4n) is 5.78. The molecule has 2 aromatic rings. The van der Waals surface area contributed by atoms with Gasteiger partial charge in [-0.05, 0) is 36.5 Å². The molecule has 176 valence electrons. The summed E-state index contributed by atoms with van der Waals surface area (Å²) in [7, 11) is 0. The van der Waals surface area contributed by atoms with Crippen LogP contribution in [0.15, 0.2) is 48.5 Å². The molecule has 34 heavy (non-hydrogen) atoms. The monoisotopic (exact) mass is 460 g/mol. The van der Waals surface area contributed by atoms with Crippen LogP contribution in [0.1, 0.15) is 36.5 Å². The summed E-state index contributed by atoms with van der Waals surface area (Å²) < 4.78 is 0. The van der Waals surface area contributed by atoms with Gasteiger partial charge in [-0.1, -0.05) is 49.4 Å². The number of carbonyl (C=O) groups is 4. The Bertz CT molecular complexity index is 1180. The van der Waals surface area contributed by atoms with E-state index in [1.807, 2.05) is 55.5 Å². The molecule has 2 fully saturated rings. The van der Waals surface area contributed by atoms with Crippen LogP contribution in [0.5, 0.6) is 0 Å². The van der Waals surface area contributed by atoms with E-state index in [0.29, 0.717) is 17.7 Å². The van der Waals surface area contributed by atoms with Crippen molar-refractivity contribution in [3.8, 4) is 0 Å². The molecule has 4 N–H and O–H groups in total. The van der Waals surface area contributed by atoms with Gasteiger partial charge in [0.2, 0.25) is 23.6 Å². The Kier molecular flexibility index (Phi) is 5.48. The number of anilines is 1. The number of aryl methyl sites for hydroxylation is 1. The van der Waals surface area contributed by atoms with Crippen LogP contribution in [-0.2, 0) is 37.6 Å². The summed E-state index contributed by atoms with van der Waals surface area (Å²) in [4.78, 5) is 53.6. The lowest BCUT2D eigenvalue weighted by Crippen LogP contribution is -2.53. The Hall–Kier alpha value is -3.52. The number of nitrogens with zero attached hydrogens (tertiary/aromatic N) is 1. The van der Waals surface area contributed by atoms with Crippen LogP contribution in [0.4, 0.5) is 5.69 Å². The first-order valence-electron chi connectivity index (χ1n) is 11.8. The Morgan fingerprint density at radius 3 is 2.53 bits per heavy atom. The van der Waals surface area contributed by atoms with Crippen molar-refractivity contribution in [2.75, 3.05) is 11.9 Å². The van der Waals surface area contributed by atoms with Crippen LogP contribution in [0, 0.1) is 11.8 Å². The highest BCUT2D eigenvalue weighted by Crippen LogP contribution is 2.53. The smallest absolute Gasteiger partial charge is 0.250 e. The van der Waals surface area contributed by atoms with Crippen molar-refractivity contribution in [3.63, 3.8) is 0 Å². The number of primary amides is 1. The number of nitrogens with two attached hydrogens (primary N) is 1. The number of hydrogen-bond acceptors (Lipinski definition) is 5. The van der Waals surface area contributed by atoms with E-state index in [1.54, 1.807) is 0 Å². The van der Waals surface area contributed by atoms with Crippen molar-refractivity contribution in [2.24, 2.45) is 17.6 Å². The highest BCUT2D eigenvalue weighted by atomic mass is 16.2. The maximum absolute atomic E-state index is 13.8. The Morgan fingerprint density at radius 2 is 1.82 bits per heavy atom. The lowest BCUT2D eigenvalue weighted by molar-refractivity contribution is -0.142. The molecule has 3 aliphatic rings. The molecule has 2 saturated heterocycles. The Balaban J connectivity index is 1.54. The third-order valence-electron chi connectivity index (χ3n) is 7.45. The van der Waals surface area contributed by atoms with Crippen LogP contribution in [-0.4, -0.2) is 41.1 Å². The van der Waals surface area contributed by atoms with Gasteiger partial charge in [-0.25, -0.2) is 0 Å². The van der Waals surface area contributed by atoms with E-state index < -0.39 is 29.3 Å². The van der Waals surface area contributed by atoms with E-state index in [9.17, 15) is 19.2 Å². The predicted molar refractivity (Wildman–Crippen MR) is 125 cm³/mol. The van der Waals surface area contributed by atoms with E-state index in [0.717, 1.165) is 17.5 Å². The topological polar surface area (TPSA) is 122 Å². The molecule has 0 aliphatic carbocycles. The lowest BCUT2D eigenvalue weighted by Gasteiger charge is -2.29. The van der Waals surface area contributed by atoms with Gasteiger partial charge < -0.3 is 11.1 Å². The molecule has 0 saturated carbocycles. The zero-order valence-electron chi connectivity index (χ0n) is 19.0. The molecule has 8 nitrogen and oxygen atoms in total. The largest absolute Gasteiger partial charge is 0.370 e. The van der Waals surface area contributed by atoms with Gasteiger partial charge in [0.05, 0.1) is 11.8 Å². The summed E-state index contributed by atoms with van der Waals surface area (Å²) in [6.45, 7) is 2.27. The average molecular weight is 461 g/mol. The highest BCUT2D eigenvalue weighted by Gasteiger charge is 2.70. The van der Waals surface area contributed by atoms with Crippen LogP contribution < -0.4 is 16.4 Å². The predicted octanol–water partition coefficient (Wildman–Crippen LogP) is 1.48.